The van der Waals surface area contributed by atoms with E-state index >= 15 is 0 Å². The van der Waals surface area contributed by atoms with Gasteiger partial charge in [-0.3, -0.25) is 0 Å². The molecule has 0 spiro atoms. The maximum atomic E-state index is 2.55. The molecule has 0 unspecified atom stereocenters. The van der Waals surface area contributed by atoms with Crippen LogP contribution in [-0.2, 0) is 20.1 Å². The topological polar surface area (TPSA) is 0 Å². The van der Waals surface area contributed by atoms with E-state index in [2.05, 4.69) is 98.1 Å². The fraction of sp³-hybridized carbons (Fsp3) is 0.167. The van der Waals surface area contributed by atoms with Crippen LogP contribution in [0.25, 0.3) is 11.1 Å². The van der Waals surface area contributed by atoms with E-state index in [4.69, 9.17) is 0 Å². The zero-order valence-electron chi connectivity index (χ0n) is 16.3. The van der Waals surface area contributed by atoms with Gasteiger partial charge in [-0.1, -0.05) is 0 Å². The van der Waals surface area contributed by atoms with E-state index in [0.29, 0.717) is 0 Å². The molecule has 0 heterocycles. The van der Waals surface area contributed by atoms with Gasteiger partial charge >= 0.3 is 165 Å². The van der Waals surface area contributed by atoms with E-state index in [0.717, 1.165) is 0 Å². The van der Waals surface area contributed by atoms with E-state index in [9.17, 15) is 0 Å². The van der Waals surface area contributed by atoms with Crippen molar-refractivity contribution >= 4 is 16.6 Å². The summed E-state index contributed by atoms with van der Waals surface area (Å²) in [6, 6.07) is 21.7. The minimum Gasteiger partial charge on any atom is -1.00 e. The van der Waals surface area contributed by atoms with Crippen LogP contribution in [0, 0.1) is 0 Å². The summed E-state index contributed by atoms with van der Waals surface area (Å²) >= 11 is -1.90. The van der Waals surface area contributed by atoms with Crippen molar-refractivity contribution in [1.29, 1.82) is 0 Å². The van der Waals surface area contributed by atoms with Crippen LogP contribution in [0.4, 0.5) is 0 Å². The molecule has 0 saturated carbocycles. The van der Waals surface area contributed by atoms with Crippen LogP contribution >= 0.6 is 0 Å². The third kappa shape index (κ3) is 5.16. The van der Waals surface area contributed by atoms with Crippen LogP contribution in [0.3, 0.4) is 0 Å². The normalized spacial score (nSPS) is 14.5. The first kappa shape index (κ1) is 23.3. The number of rotatable bonds is 4. The predicted molar refractivity (Wildman–Crippen MR) is 112 cm³/mol. The summed E-state index contributed by atoms with van der Waals surface area (Å²) in [4.78, 5) is 0. The second kappa shape index (κ2) is 10.7. The van der Waals surface area contributed by atoms with Crippen molar-refractivity contribution in [3.8, 4) is 0 Å². The van der Waals surface area contributed by atoms with Gasteiger partial charge in [0, 0.05) is 0 Å². The molecule has 0 N–H and O–H groups in total. The number of hydrogen-bond acceptors (Lipinski definition) is 0. The van der Waals surface area contributed by atoms with E-state index < -0.39 is 20.1 Å². The van der Waals surface area contributed by atoms with Crippen molar-refractivity contribution in [2.75, 3.05) is 0 Å². The van der Waals surface area contributed by atoms with Gasteiger partial charge in [-0.25, -0.2) is 0 Å². The molecule has 2 aromatic rings. The third-order valence-corrected chi connectivity index (χ3v) is 29.3. The fourth-order valence-corrected chi connectivity index (χ4v) is 27.7. The van der Waals surface area contributed by atoms with E-state index in [1.54, 1.807) is 0 Å². The summed E-state index contributed by atoms with van der Waals surface area (Å²) in [5, 5.41) is 0. The number of hydrogen-bond donors (Lipinski definition) is 0. The first-order valence-electron chi connectivity index (χ1n) is 9.33. The van der Waals surface area contributed by atoms with Crippen molar-refractivity contribution in [1.82, 2.24) is 0 Å². The Morgan fingerprint density at radius 2 is 1.04 bits per heavy atom. The molecule has 28 heavy (non-hydrogen) atoms. The molecule has 142 valence electrons. The van der Waals surface area contributed by atoms with Gasteiger partial charge < -0.3 is 24.8 Å². The SMILES string of the molecule is C[Si](C)=[Hf+2]([C]1=CC(c2ccccc2)=CC1)[C]1=CC(c2ccccc2)=CC1.[Cl-].[Cl-]. The largest absolute Gasteiger partial charge is 1.00 e. The Labute approximate surface area is 189 Å². The summed E-state index contributed by atoms with van der Waals surface area (Å²) < 4.78 is 3.64. The van der Waals surface area contributed by atoms with E-state index in [-0.39, 0.29) is 30.3 Å². The second-order valence-corrected chi connectivity index (χ2v) is 31.4. The Hall–Kier alpha value is -0.933. The molecule has 0 radical (unpaired) electrons. The minimum atomic E-state index is -1.90. The van der Waals surface area contributed by atoms with Crippen molar-refractivity contribution in [3.05, 3.63) is 103 Å². The molecule has 0 nitrogen and oxygen atoms in total. The van der Waals surface area contributed by atoms with Crippen molar-refractivity contribution < 1.29 is 44.9 Å². The van der Waals surface area contributed by atoms with Gasteiger partial charge in [0.25, 0.3) is 0 Å². The monoisotopic (exact) mass is 590 g/mol. The molecule has 4 rings (SSSR count). The molecular weight excluding hydrogens is 566 g/mol. The molecule has 0 bridgehead atoms. The van der Waals surface area contributed by atoms with Crippen LogP contribution < -0.4 is 24.8 Å². The molecular formula is C24H24Cl2HfSi. The summed E-state index contributed by atoms with van der Waals surface area (Å²) in [6.07, 6.45) is 12.4. The van der Waals surface area contributed by atoms with Crippen molar-refractivity contribution in [3.63, 3.8) is 0 Å². The van der Waals surface area contributed by atoms with Gasteiger partial charge in [0.05, 0.1) is 0 Å². The van der Waals surface area contributed by atoms with Crippen LogP contribution in [0.1, 0.15) is 24.0 Å². The quantitative estimate of drug-likeness (QED) is 0.459. The average Bonchev–Trinajstić information content (AvgIpc) is 3.34. The van der Waals surface area contributed by atoms with E-state index in [1.165, 1.54) is 35.1 Å². The Morgan fingerprint density at radius 1 is 0.643 bits per heavy atom. The molecule has 0 fully saturated rings. The number of allylic oxidation sites excluding steroid dienone is 8. The Bertz CT molecular complexity index is 904. The first-order valence-corrected chi connectivity index (χ1v) is 20.8. The molecule has 4 heteroatoms. The second-order valence-electron chi connectivity index (χ2n) is 7.17. The summed E-state index contributed by atoms with van der Waals surface area (Å²) in [5.41, 5.74) is 5.40. The predicted octanol–water partition coefficient (Wildman–Crippen LogP) is 0.606. The zero-order valence-corrected chi connectivity index (χ0v) is 22.4. The molecule has 0 saturated heterocycles. The zero-order chi connectivity index (χ0) is 17.9. The molecule has 2 aromatic carbocycles. The van der Waals surface area contributed by atoms with Gasteiger partial charge in [0.2, 0.25) is 0 Å². The summed E-state index contributed by atoms with van der Waals surface area (Å²) in [6.45, 7) is 5.10. The Morgan fingerprint density at radius 3 is 1.39 bits per heavy atom. The van der Waals surface area contributed by atoms with Crippen LogP contribution in [0.2, 0.25) is 13.1 Å². The molecule has 2 aliphatic rings. The average molecular weight is 590 g/mol. The first-order chi connectivity index (χ1) is 12.7. The molecule has 0 aromatic heterocycles. The van der Waals surface area contributed by atoms with Crippen molar-refractivity contribution in [2.45, 2.75) is 25.9 Å². The number of benzene rings is 2. The molecule has 0 atom stereocenters. The number of halogens is 2. The summed E-state index contributed by atoms with van der Waals surface area (Å²) in [5.74, 6) is 0. The molecule has 0 aliphatic heterocycles. The maximum absolute atomic E-state index is 2.55. The van der Waals surface area contributed by atoms with Gasteiger partial charge in [-0.15, -0.1) is 0 Å². The standard InChI is InChI=1S/2C11H9.C2H6Si.2ClH.Hf/c2*1-2-6-10(7-3-1)11-8-4-5-9-11;1-3-2;;;/h2*1-3,6-9H,4H2;1-2H3;2*1H;/q;;;;;+2/p-2. The summed E-state index contributed by atoms with van der Waals surface area (Å²) in [7, 11) is 0. The van der Waals surface area contributed by atoms with Crippen molar-refractivity contribution in [2.24, 2.45) is 0 Å². The smallest absolute Gasteiger partial charge is 1.00 e. The molecule has 0 amide bonds. The van der Waals surface area contributed by atoms with Crippen LogP contribution in [0.15, 0.2) is 91.6 Å². The maximum Gasteiger partial charge on any atom is -1.00 e. The third-order valence-electron chi connectivity index (χ3n) is 5.10. The van der Waals surface area contributed by atoms with Gasteiger partial charge in [0.1, 0.15) is 0 Å². The van der Waals surface area contributed by atoms with Gasteiger partial charge in [-0.05, 0) is 0 Å². The Kier molecular flexibility index (Phi) is 8.95. The fourth-order valence-electron chi connectivity index (χ4n) is 3.91. The van der Waals surface area contributed by atoms with Gasteiger partial charge in [-0.2, -0.15) is 0 Å². The Balaban J connectivity index is 0.00000140. The van der Waals surface area contributed by atoms with Crippen LogP contribution in [0.5, 0.6) is 0 Å². The molecule has 2 aliphatic carbocycles. The van der Waals surface area contributed by atoms with E-state index in [1.807, 2.05) is 6.66 Å². The van der Waals surface area contributed by atoms with Gasteiger partial charge in [0.15, 0.2) is 0 Å². The minimum absolute atomic E-state index is 0. The van der Waals surface area contributed by atoms with Crippen LogP contribution in [-0.4, -0.2) is 5.49 Å².